The van der Waals surface area contributed by atoms with Gasteiger partial charge in [-0.15, -0.1) is 0 Å². The summed E-state index contributed by atoms with van der Waals surface area (Å²) in [6.07, 6.45) is 2.43. The van der Waals surface area contributed by atoms with Crippen LogP contribution in [0.4, 0.5) is 8.78 Å². The van der Waals surface area contributed by atoms with Crippen LogP contribution in [0.15, 0.2) is 18.2 Å². The van der Waals surface area contributed by atoms with E-state index in [9.17, 15) is 13.6 Å². The van der Waals surface area contributed by atoms with Gasteiger partial charge in [-0.25, -0.2) is 8.78 Å². The van der Waals surface area contributed by atoms with Crippen LogP contribution >= 0.6 is 0 Å². The smallest absolute Gasteiger partial charge is 0.234 e. The third-order valence-electron chi connectivity index (χ3n) is 2.92. The lowest BCUT2D eigenvalue weighted by molar-refractivity contribution is -0.120. The monoisotopic (exact) mass is 270 g/mol. The number of nitrogens with one attached hydrogen (secondary N) is 1. The Morgan fingerprint density at radius 3 is 2.79 bits per heavy atom. The van der Waals surface area contributed by atoms with Crippen molar-refractivity contribution < 1.29 is 18.3 Å². The highest BCUT2D eigenvalue weighted by molar-refractivity contribution is 5.79. The maximum absolute atomic E-state index is 13.3. The number of hydrogen-bond donors (Lipinski definition) is 2. The maximum atomic E-state index is 13.3. The Morgan fingerprint density at radius 1 is 1.47 bits per heavy atom. The summed E-state index contributed by atoms with van der Waals surface area (Å²) < 4.78 is 31.2. The van der Waals surface area contributed by atoms with E-state index in [2.05, 4.69) is 5.32 Å². The van der Waals surface area contributed by atoms with Crippen molar-refractivity contribution in [2.75, 3.05) is 6.61 Å². The first kappa shape index (κ1) is 13.7. The van der Waals surface area contributed by atoms with Crippen molar-refractivity contribution >= 4 is 5.91 Å². The van der Waals surface area contributed by atoms with E-state index in [1.807, 2.05) is 0 Å². The molecule has 1 atom stereocenters. The van der Waals surface area contributed by atoms with Crippen molar-refractivity contribution in [3.05, 3.63) is 29.8 Å². The van der Waals surface area contributed by atoms with Gasteiger partial charge < -0.3 is 15.8 Å². The van der Waals surface area contributed by atoms with Gasteiger partial charge in [-0.2, -0.15) is 0 Å². The summed E-state index contributed by atoms with van der Waals surface area (Å²) in [7, 11) is 0. The van der Waals surface area contributed by atoms with Gasteiger partial charge in [0.2, 0.25) is 5.91 Å². The van der Waals surface area contributed by atoms with Crippen LogP contribution in [0.3, 0.4) is 0 Å². The molecule has 104 valence electrons. The Morgan fingerprint density at radius 2 is 2.21 bits per heavy atom. The van der Waals surface area contributed by atoms with E-state index in [0.29, 0.717) is 12.5 Å². The van der Waals surface area contributed by atoms with Crippen molar-refractivity contribution in [1.29, 1.82) is 0 Å². The van der Waals surface area contributed by atoms with Crippen LogP contribution in [0, 0.1) is 11.6 Å². The van der Waals surface area contributed by atoms with Gasteiger partial charge in [0.15, 0.2) is 11.6 Å². The molecule has 0 aliphatic heterocycles. The second-order valence-corrected chi connectivity index (χ2v) is 4.61. The van der Waals surface area contributed by atoms with Crippen LogP contribution in [0.25, 0.3) is 0 Å². The van der Waals surface area contributed by atoms with Gasteiger partial charge in [-0.1, -0.05) is 0 Å². The zero-order valence-corrected chi connectivity index (χ0v) is 10.4. The minimum Gasteiger partial charge on any atom is -0.490 e. The van der Waals surface area contributed by atoms with Crippen molar-refractivity contribution in [3.8, 4) is 5.75 Å². The zero-order chi connectivity index (χ0) is 13.8. The van der Waals surface area contributed by atoms with E-state index in [1.54, 1.807) is 0 Å². The summed E-state index contributed by atoms with van der Waals surface area (Å²) in [4.78, 5) is 11.2. The molecular formula is C13H16F2N2O2. The minimum atomic E-state index is -0.759. The summed E-state index contributed by atoms with van der Waals surface area (Å²) in [5, 5.41) is 3.09. The summed E-state index contributed by atoms with van der Waals surface area (Å²) in [5.41, 5.74) is 5.26. The van der Waals surface area contributed by atoms with Crippen LogP contribution in [-0.4, -0.2) is 24.6 Å². The lowest BCUT2D eigenvalue weighted by Gasteiger charge is -2.15. The molecule has 1 fully saturated rings. The van der Waals surface area contributed by atoms with Crippen molar-refractivity contribution in [1.82, 2.24) is 5.32 Å². The van der Waals surface area contributed by atoms with Crippen molar-refractivity contribution in [2.24, 2.45) is 5.73 Å². The highest BCUT2D eigenvalue weighted by atomic mass is 19.1. The molecule has 0 saturated heterocycles. The molecule has 2 rings (SSSR count). The summed E-state index contributed by atoms with van der Waals surface area (Å²) >= 11 is 0. The number of amides is 1. The quantitative estimate of drug-likeness (QED) is 0.786. The first-order valence-electron chi connectivity index (χ1n) is 6.19. The SMILES string of the molecule is NC(=O)C(CCOc1ccc(F)cc1F)NC1CC1. The molecule has 0 heterocycles. The average Bonchev–Trinajstić information content (AvgIpc) is 3.14. The highest BCUT2D eigenvalue weighted by Crippen LogP contribution is 2.20. The van der Waals surface area contributed by atoms with E-state index >= 15 is 0 Å². The number of ether oxygens (including phenoxy) is 1. The Bertz CT molecular complexity index is 464. The second-order valence-electron chi connectivity index (χ2n) is 4.61. The van der Waals surface area contributed by atoms with Crippen molar-refractivity contribution in [2.45, 2.75) is 31.3 Å². The molecule has 1 aromatic carbocycles. The number of primary amides is 1. The summed E-state index contributed by atoms with van der Waals surface area (Å²) in [6.45, 7) is 0.135. The number of benzene rings is 1. The minimum absolute atomic E-state index is 0.0314. The highest BCUT2D eigenvalue weighted by Gasteiger charge is 2.27. The number of halogens is 2. The number of rotatable bonds is 7. The van der Waals surface area contributed by atoms with Gasteiger partial charge in [0.1, 0.15) is 5.82 Å². The lowest BCUT2D eigenvalue weighted by atomic mass is 10.2. The lowest BCUT2D eigenvalue weighted by Crippen LogP contribution is -2.43. The molecule has 1 aliphatic rings. The molecule has 6 heteroatoms. The molecule has 0 radical (unpaired) electrons. The van der Waals surface area contributed by atoms with Crippen LogP contribution in [0.2, 0.25) is 0 Å². The Labute approximate surface area is 109 Å². The fourth-order valence-electron chi connectivity index (χ4n) is 1.72. The van der Waals surface area contributed by atoms with E-state index in [0.717, 1.165) is 25.0 Å². The van der Waals surface area contributed by atoms with E-state index in [-0.39, 0.29) is 12.4 Å². The van der Waals surface area contributed by atoms with Gasteiger partial charge in [-0.3, -0.25) is 4.79 Å². The number of nitrogens with two attached hydrogens (primary N) is 1. The molecule has 1 aliphatic carbocycles. The average molecular weight is 270 g/mol. The van der Waals surface area contributed by atoms with Crippen molar-refractivity contribution in [3.63, 3.8) is 0 Å². The fraction of sp³-hybridized carbons (Fsp3) is 0.462. The largest absolute Gasteiger partial charge is 0.490 e. The molecular weight excluding hydrogens is 254 g/mol. The molecule has 1 saturated carbocycles. The Hall–Kier alpha value is -1.69. The van der Waals surface area contributed by atoms with Gasteiger partial charge in [0, 0.05) is 18.5 Å². The topological polar surface area (TPSA) is 64.4 Å². The molecule has 3 N–H and O–H groups in total. The van der Waals surface area contributed by atoms with Crippen LogP contribution in [0.1, 0.15) is 19.3 Å². The summed E-state index contributed by atoms with van der Waals surface area (Å²) in [6, 6.07) is 2.96. The molecule has 1 unspecified atom stereocenters. The van der Waals surface area contributed by atoms with Crippen LogP contribution in [0.5, 0.6) is 5.75 Å². The van der Waals surface area contributed by atoms with Gasteiger partial charge >= 0.3 is 0 Å². The Balaban J connectivity index is 1.82. The third kappa shape index (κ3) is 4.17. The van der Waals surface area contributed by atoms with E-state index in [4.69, 9.17) is 10.5 Å². The number of hydrogen-bond acceptors (Lipinski definition) is 3. The molecule has 1 amide bonds. The molecule has 19 heavy (non-hydrogen) atoms. The first-order chi connectivity index (χ1) is 9.06. The first-order valence-corrected chi connectivity index (χ1v) is 6.19. The molecule has 0 spiro atoms. The standard InChI is InChI=1S/C13H16F2N2O2/c14-8-1-4-12(10(15)7-8)19-6-5-11(13(16)18)17-9-2-3-9/h1,4,7,9,11,17H,2-3,5-6H2,(H2,16,18). The van der Waals surface area contributed by atoms with E-state index < -0.39 is 23.6 Å². The van der Waals surface area contributed by atoms with Crippen LogP contribution < -0.4 is 15.8 Å². The molecule has 4 nitrogen and oxygen atoms in total. The normalized spacial score (nSPS) is 16.1. The predicted molar refractivity (Wildman–Crippen MR) is 65.6 cm³/mol. The third-order valence-corrected chi connectivity index (χ3v) is 2.92. The van der Waals surface area contributed by atoms with Crippen LogP contribution in [-0.2, 0) is 4.79 Å². The van der Waals surface area contributed by atoms with E-state index in [1.165, 1.54) is 6.07 Å². The molecule has 0 bridgehead atoms. The second kappa shape index (κ2) is 5.97. The Kier molecular flexibility index (Phi) is 4.31. The fourth-order valence-corrected chi connectivity index (χ4v) is 1.72. The van der Waals surface area contributed by atoms with Gasteiger partial charge in [0.25, 0.3) is 0 Å². The molecule has 0 aromatic heterocycles. The predicted octanol–water partition coefficient (Wildman–Crippen LogP) is 1.34. The maximum Gasteiger partial charge on any atom is 0.234 e. The number of carbonyl (C=O) groups excluding carboxylic acids is 1. The molecule has 1 aromatic rings. The van der Waals surface area contributed by atoms with Gasteiger partial charge in [-0.05, 0) is 25.0 Å². The zero-order valence-electron chi connectivity index (χ0n) is 10.4. The van der Waals surface area contributed by atoms with Gasteiger partial charge in [0.05, 0.1) is 12.6 Å². The summed E-state index contributed by atoms with van der Waals surface area (Å²) in [5.74, 6) is -1.90. The number of carbonyl (C=O) groups is 1.